The SMILES string of the molecule is CSCCC(N)C(=O)NC(CCC(N)=O)C(=O)NC(C)C(=O)NC(CC(C)C)C(=O)O. The summed E-state index contributed by atoms with van der Waals surface area (Å²) < 4.78 is 0. The third kappa shape index (κ3) is 12.2. The smallest absolute Gasteiger partial charge is 0.326 e. The van der Waals surface area contributed by atoms with E-state index >= 15 is 0 Å². The van der Waals surface area contributed by atoms with Crippen LogP contribution in [0.1, 0.15) is 46.5 Å². The molecule has 4 atom stereocenters. The van der Waals surface area contributed by atoms with Crippen molar-refractivity contribution >= 4 is 41.4 Å². The summed E-state index contributed by atoms with van der Waals surface area (Å²) in [5.74, 6) is -3.07. The molecule has 0 aliphatic heterocycles. The number of amides is 4. The van der Waals surface area contributed by atoms with Crippen molar-refractivity contribution in [3.63, 3.8) is 0 Å². The molecule has 0 aromatic carbocycles. The van der Waals surface area contributed by atoms with E-state index in [1.54, 1.807) is 0 Å². The molecule has 0 rings (SSSR count). The normalized spacial score (nSPS) is 14.8. The standard InChI is InChI=1S/C19H35N5O6S/c1-10(2)9-14(19(29)30)24-16(26)11(3)22-18(28)13(5-6-15(21)25)23-17(27)12(20)7-8-31-4/h10-14H,5-9,20H2,1-4H3,(H2,21,25)(H,22,28)(H,23,27)(H,24,26)(H,29,30). The quantitative estimate of drug-likeness (QED) is 0.177. The van der Waals surface area contributed by atoms with Crippen LogP contribution in [0.15, 0.2) is 0 Å². The highest BCUT2D eigenvalue weighted by molar-refractivity contribution is 7.98. The zero-order valence-corrected chi connectivity index (χ0v) is 19.3. The summed E-state index contributed by atoms with van der Waals surface area (Å²) in [5.41, 5.74) is 11.0. The summed E-state index contributed by atoms with van der Waals surface area (Å²) in [4.78, 5) is 59.7. The Kier molecular flexibility index (Phi) is 13.5. The van der Waals surface area contributed by atoms with Gasteiger partial charge in [-0.25, -0.2) is 4.79 Å². The highest BCUT2D eigenvalue weighted by atomic mass is 32.2. The number of carbonyl (C=O) groups is 5. The van der Waals surface area contributed by atoms with Crippen LogP contribution in [0.3, 0.4) is 0 Å². The van der Waals surface area contributed by atoms with Gasteiger partial charge in [0.2, 0.25) is 23.6 Å². The van der Waals surface area contributed by atoms with E-state index in [9.17, 15) is 29.1 Å². The maximum atomic E-state index is 12.6. The maximum absolute atomic E-state index is 12.6. The molecular formula is C19H35N5O6S. The first-order valence-corrected chi connectivity index (χ1v) is 11.4. The van der Waals surface area contributed by atoms with Crippen LogP contribution in [-0.2, 0) is 24.0 Å². The van der Waals surface area contributed by atoms with Gasteiger partial charge in [0.1, 0.15) is 18.1 Å². The molecule has 178 valence electrons. The Morgan fingerprint density at radius 3 is 1.97 bits per heavy atom. The summed E-state index contributed by atoms with van der Waals surface area (Å²) >= 11 is 1.52. The van der Waals surface area contributed by atoms with E-state index in [0.717, 1.165) is 0 Å². The first kappa shape index (κ1) is 28.7. The zero-order chi connectivity index (χ0) is 24.1. The molecule has 11 nitrogen and oxygen atoms in total. The van der Waals surface area contributed by atoms with Crippen molar-refractivity contribution < 1.29 is 29.1 Å². The fourth-order valence-electron chi connectivity index (χ4n) is 2.58. The molecule has 8 N–H and O–H groups in total. The average molecular weight is 462 g/mol. The van der Waals surface area contributed by atoms with E-state index in [1.165, 1.54) is 18.7 Å². The molecule has 0 aliphatic carbocycles. The number of carboxylic acid groups (broad SMARTS) is 1. The van der Waals surface area contributed by atoms with E-state index in [2.05, 4.69) is 16.0 Å². The summed E-state index contributed by atoms with van der Waals surface area (Å²) in [6.07, 6.45) is 2.28. The second-order valence-electron chi connectivity index (χ2n) is 7.71. The van der Waals surface area contributed by atoms with Crippen LogP contribution >= 0.6 is 11.8 Å². The van der Waals surface area contributed by atoms with Gasteiger partial charge in [0, 0.05) is 6.42 Å². The van der Waals surface area contributed by atoms with Crippen molar-refractivity contribution in [1.82, 2.24) is 16.0 Å². The molecule has 0 saturated carbocycles. The Bertz CT molecular complexity index is 645. The van der Waals surface area contributed by atoms with Gasteiger partial charge in [-0.1, -0.05) is 13.8 Å². The Balaban J connectivity index is 5.08. The van der Waals surface area contributed by atoms with Gasteiger partial charge in [0.15, 0.2) is 0 Å². The second-order valence-corrected chi connectivity index (χ2v) is 8.70. The van der Waals surface area contributed by atoms with Gasteiger partial charge < -0.3 is 32.5 Å². The van der Waals surface area contributed by atoms with Crippen LogP contribution in [0.5, 0.6) is 0 Å². The van der Waals surface area contributed by atoms with Gasteiger partial charge >= 0.3 is 5.97 Å². The van der Waals surface area contributed by atoms with Crippen LogP contribution < -0.4 is 27.4 Å². The van der Waals surface area contributed by atoms with Gasteiger partial charge in [-0.2, -0.15) is 11.8 Å². The predicted octanol–water partition coefficient (Wildman–Crippen LogP) is -1.06. The molecular weight excluding hydrogens is 426 g/mol. The first-order valence-electron chi connectivity index (χ1n) is 10.1. The Morgan fingerprint density at radius 2 is 1.48 bits per heavy atom. The van der Waals surface area contributed by atoms with Crippen LogP contribution in [-0.4, -0.2) is 70.9 Å². The number of nitrogens with one attached hydrogen (secondary N) is 3. The molecule has 12 heteroatoms. The molecule has 4 unspecified atom stereocenters. The number of carboxylic acids is 1. The molecule has 0 saturated heterocycles. The van der Waals surface area contributed by atoms with Gasteiger partial charge in [-0.3, -0.25) is 19.2 Å². The van der Waals surface area contributed by atoms with Crippen molar-refractivity contribution in [2.45, 2.75) is 70.6 Å². The fraction of sp³-hybridized carbons (Fsp3) is 0.737. The van der Waals surface area contributed by atoms with E-state index < -0.39 is 53.8 Å². The van der Waals surface area contributed by atoms with E-state index in [4.69, 9.17) is 11.5 Å². The predicted molar refractivity (Wildman–Crippen MR) is 118 cm³/mol. The van der Waals surface area contributed by atoms with Crippen LogP contribution in [0, 0.1) is 5.92 Å². The number of thioether (sulfide) groups is 1. The number of rotatable bonds is 15. The summed E-state index contributed by atoms with van der Waals surface area (Å²) in [6.45, 7) is 5.03. The monoisotopic (exact) mass is 461 g/mol. The molecule has 0 bridgehead atoms. The van der Waals surface area contributed by atoms with E-state index in [-0.39, 0.29) is 25.2 Å². The van der Waals surface area contributed by atoms with Gasteiger partial charge in [-0.05, 0) is 44.1 Å². The van der Waals surface area contributed by atoms with E-state index in [0.29, 0.717) is 12.2 Å². The number of hydrogen-bond acceptors (Lipinski definition) is 7. The first-order chi connectivity index (χ1) is 14.4. The topological polar surface area (TPSA) is 194 Å². The fourth-order valence-corrected chi connectivity index (χ4v) is 3.07. The minimum Gasteiger partial charge on any atom is -0.480 e. The summed E-state index contributed by atoms with van der Waals surface area (Å²) in [5, 5.41) is 16.6. The van der Waals surface area contributed by atoms with Gasteiger partial charge in [0.05, 0.1) is 6.04 Å². The van der Waals surface area contributed by atoms with Crippen LogP contribution in [0.2, 0.25) is 0 Å². The van der Waals surface area contributed by atoms with Gasteiger partial charge in [0.25, 0.3) is 0 Å². The van der Waals surface area contributed by atoms with Crippen molar-refractivity contribution in [3.8, 4) is 0 Å². The average Bonchev–Trinajstić information content (AvgIpc) is 2.67. The molecule has 0 fully saturated rings. The zero-order valence-electron chi connectivity index (χ0n) is 18.5. The van der Waals surface area contributed by atoms with Crippen molar-refractivity contribution in [3.05, 3.63) is 0 Å². The molecule has 4 amide bonds. The lowest BCUT2D eigenvalue weighted by molar-refractivity contribution is -0.142. The maximum Gasteiger partial charge on any atom is 0.326 e. The van der Waals surface area contributed by atoms with Crippen molar-refractivity contribution in [1.29, 1.82) is 0 Å². The Labute approximate surface area is 186 Å². The number of primary amides is 1. The molecule has 0 aromatic heterocycles. The van der Waals surface area contributed by atoms with E-state index in [1.807, 2.05) is 20.1 Å². The third-order valence-electron chi connectivity index (χ3n) is 4.36. The largest absolute Gasteiger partial charge is 0.480 e. The lowest BCUT2D eigenvalue weighted by atomic mass is 10.0. The molecule has 0 aliphatic rings. The lowest BCUT2D eigenvalue weighted by Gasteiger charge is -2.23. The summed E-state index contributed by atoms with van der Waals surface area (Å²) in [6, 6.07) is -4.11. The molecule has 0 radical (unpaired) electrons. The molecule has 0 spiro atoms. The number of carbonyl (C=O) groups excluding carboxylic acids is 4. The van der Waals surface area contributed by atoms with Gasteiger partial charge in [-0.15, -0.1) is 0 Å². The minimum absolute atomic E-state index is 0.0370. The summed E-state index contributed by atoms with van der Waals surface area (Å²) in [7, 11) is 0. The second kappa shape index (κ2) is 14.6. The lowest BCUT2D eigenvalue weighted by Crippen LogP contribution is -2.56. The Hall–Kier alpha value is -2.34. The van der Waals surface area contributed by atoms with Crippen LogP contribution in [0.4, 0.5) is 0 Å². The highest BCUT2D eigenvalue weighted by Gasteiger charge is 2.28. The highest BCUT2D eigenvalue weighted by Crippen LogP contribution is 2.06. The molecule has 31 heavy (non-hydrogen) atoms. The molecule has 0 aromatic rings. The van der Waals surface area contributed by atoms with Crippen molar-refractivity contribution in [2.75, 3.05) is 12.0 Å². The number of hydrogen-bond donors (Lipinski definition) is 6. The van der Waals surface area contributed by atoms with Crippen LogP contribution in [0.25, 0.3) is 0 Å². The number of nitrogens with two attached hydrogens (primary N) is 2. The Morgan fingerprint density at radius 1 is 0.903 bits per heavy atom. The van der Waals surface area contributed by atoms with Crippen molar-refractivity contribution in [2.24, 2.45) is 17.4 Å². The minimum atomic E-state index is -1.17. The molecule has 0 heterocycles. The number of aliphatic carboxylic acids is 1. The third-order valence-corrected chi connectivity index (χ3v) is 5.00.